The molecule has 1 atom stereocenters. The number of nitrogens with zero attached hydrogens (tertiary/aromatic N) is 1. The summed E-state index contributed by atoms with van der Waals surface area (Å²) in [6.45, 7) is 5.30. The minimum Gasteiger partial charge on any atom is -0.444 e. The second-order valence-electron chi connectivity index (χ2n) is 6.63. The van der Waals surface area contributed by atoms with Crippen molar-refractivity contribution in [3.63, 3.8) is 0 Å². The SMILES string of the molecule is CC(C)(C)OC(=O)N[C@@H](CCc1ccccc1)C(=O)Nc1n[nH]c(=S)s1. The Balaban J connectivity index is 2.05. The first kappa shape index (κ1) is 20.1. The van der Waals surface area contributed by atoms with Crippen LogP contribution in [0, 0.1) is 3.95 Å². The Kier molecular flexibility index (Phi) is 6.87. The van der Waals surface area contributed by atoms with Crippen LogP contribution >= 0.6 is 23.6 Å². The number of aryl methyl sites for hydroxylation is 1. The molecule has 2 amide bonds. The molecule has 0 bridgehead atoms. The third kappa shape index (κ3) is 6.93. The molecule has 0 fully saturated rings. The summed E-state index contributed by atoms with van der Waals surface area (Å²) in [5.41, 5.74) is 0.429. The van der Waals surface area contributed by atoms with E-state index in [0.717, 1.165) is 16.9 Å². The van der Waals surface area contributed by atoms with E-state index >= 15 is 0 Å². The first-order valence-corrected chi connectivity index (χ1v) is 9.35. The summed E-state index contributed by atoms with van der Waals surface area (Å²) >= 11 is 6.10. The van der Waals surface area contributed by atoms with Gasteiger partial charge in [-0.25, -0.2) is 4.79 Å². The van der Waals surface area contributed by atoms with Crippen LogP contribution < -0.4 is 10.6 Å². The van der Waals surface area contributed by atoms with Crippen LogP contribution in [0.2, 0.25) is 0 Å². The Bertz CT molecular complexity index is 796. The van der Waals surface area contributed by atoms with Crippen LogP contribution in [0.15, 0.2) is 30.3 Å². The van der Waals surface area contributed by atoms with Gasteiger partial charge in [-0.2, -0.15) is 0 Å². The minimum atomic E-state index is -0.762. The number of hydrogen-bond donors (Lipinski definition) is 3. The maximum absolute atomic E-state index is 12.6. The molecule has 3 N–H and O–H groups in total. The number of carbonyl (C=O) groups excluding carboxylic acids is 2. The van der Waals surface area contributed by atoms with Crippen molar-refractivity contribution in [2.75, 3.05) is 5.32 Å². The highest BCUT2D eigenvalue weighted by Crippen LogP contribution is 2.13. The van der Waals surface area contributed by atoms with Gasteiger partial charge in [-0.1, -0.05) is 41.7 Å². The molecule has 0 aliphatic heterocycles. The van der Waals surface area contributed by atoms with Gasteiger partial charge in [-0.15, -0.1) is 5.10 Å². The molecule has 0 saturated heterocycles. The van der Waals surface area contributed by atoms with Crippen molar-refractivity contribution in [2.45, 2.75) is 45.3 Å². The van der Waals surface area contributed by atoms with E-state index in [0.29, 0.717) is 21.9 Å². The molecule has 140 valence electrons. The van der Waals surface area contributed by atoms with Crippen molar-refractivity contribution in [2.24, 2.45) is 0 Å². The number of hydrogen-bond acceptors (Lipinski definition) is 6. The molecule has 2 rings (SSSR count). The lowest BCUT2D eigenvalue weighted by atomic mass is 10.0. The zero-order valence-corrected chi connectivity index (χ0v) is 16.5. The number of anilines is 1. The smallest absolute Gasteiger partial charge is 0.408 e. The molecule has 0 radical (unpaired) electrons. The van der Waals surface area contributed by atoms with Crippen molar-refractivity contribution in [3.05, 3.63) is 39.8 Å². The van der Waals surface area contributed by atoms with Crippen LogP contribution in [-0.2, 0) is 16.0 Å². The summed E-state index contributed by atoms with van der Waals surface area (Å²) in [4.78, 5) is 24.7. The Hall–Kier alpha value is -2.26. The number of aromatic amines is 1. The lowest BCUT2D eigenvalue weighted by molar-refractivity contribution is -0.118. The number of benzene rings is 1. The summed E-state index contributed by atoms with van der Waals surface area (Å²) in [6, 6.07) is 8.98. The zero-order chi connectivity index (χ0) is 19.2. The van der Waals surface area contributed by atoms with Gasteiger partial charge in [0, 0.05) is 0 Å². The van der Waals surface area contributed by atoms with Crippen LogP contribution in [0.1, 0.15) is 32.8 Å². The van der Waals surface area contributed by atoms with Gasteiger partial charge in [0.25, 0.3) is 0 Å². The number of amides is 2. The van der Waals surface area contributed by atoms with Crippen LogP contribution in [0.3, 0.4) is 0 Å². The van der Waals surface area contributed by atoms with Gasteiger partial charge in [-0.3, -0.25) is 15.2 Å². The van der Waals surface area contributed by atoms with Crippen molar-refractivity contribution in [1.82, 2.24) is 15.5 Å². The molecule has 0 saturated carbocycles. The number of aromatic nitrogens is 2. The maximum Gasteiger partial charge on any atom is 0.408 e. The predicted molar refractivity (Wildman–Crippen MR) is 104 cm³/mol. The van der Waals surface area contributed by atoms with E-state index in [1.54, 1.807) is 20.8 Å². The summed E-state index contributed by atoms with van der Waals surface area (Å²) < 4.78 is 5.72. The van der Waals surface area contributed by atoms with Crippen LogP contribution in [0.25, 0.3) is 0 Å². The first-order valence-electron chi connectivity index (χ1n) is 8.13. The first-order chi connectivity index (χ1) is 12.2. The van der Waals surface area contributed by atoms with E-state index in [2.05, 4.69) is 20.8 Å². The molecular formula is C17H22N4O3S2. The van der Waals surface area contributed by atoms with Crippen LogP contribution in [0.4, 0.5) is 9.93 Å². The predicted octanol–water partition coefficient (Wildman–Crippen LogP) is 3.67. The fraction of sp³-hybridized carbons (Fsp3) is 0.412. The van der Waals surface area contributed by atoms with E-state index < -0.39 is 17.7 Å². The molecule has 0 unspecified atom stereocenters. The number of ether oxygens (including phenoxy) is 1. The van der Waals surface area contributed by atoms with Gasteiger partial charge in [-0.05, 0) is 51.4 Å². The largest absolute Gasteiger partial charge is 0.444 e. The fourth-order valence-corrected chi connectivity index (χ4v) is 2.94. The Morgan fingerprint density at radius 3 is 2.58 bits per heavy atom. The van der Waals surface area contributed by atoms with Gasteiger partial charge in [0.15, 0.2) is 3.95 Å². The summed E-state index contributed by atoms with van der Waals surface area (Å²) in [7, 11) is 0. The van der Waals surface area contributed by atoms with E-state index in [1.807, 2.05) is 30.3 Å². The van der Waals surface area contributed by atoms with Crippen molar-refractivity contribution in [1.29, 1.82) is 0 Å². The highest BCUT2D eigenvalue weighted by atomic mass is 32.1. The standard InChI is InChI=1S/C17H22N4O3S2/c1-17(2,3)24-15(23)18-12(10-9-11-7-5-4-6-8-11)13(22)19-14-20-21-16(25)26-14/h4-8,12H,9-10H2,1-3H3,(H,18,23)(H,21,25)(H,19,20,22)/t12-/m0/s1. The van der Waals surface area contributed by atoms with Crippen molar-refractivity contribution >= 4 is 40.7 Å². The molecule has 1 aromatic heterocycles. The third-order valence-electron chi connectivity index (χ3n) is 3.24. The van der Waals surface area contributed by atoms with Crippen LogP contribution in [0.5, 0.6) is 0 Å². The molecule has 0 aliphatic rings. The van der Waals surface area contributed by atoms with Gasteiger partial charge in [0.1, 0.15) is 11.6 Å². The average Bonchev–Trinajstić information content (AvgIpc) is 2.95. The van der Waals surface area contributed by atoms with E-state index in [-0.39, 0.29) is 5.91 Å². The Morgan fingerprint density at radius 2 is 2.00 bits per heavy atom. The summed E-state index contributed by atoms with van der Waals surface area (Å²) in [5, 5.41) is 12.2. The Morgan fingerprint density at radius 1 is 1.31 bits per heavy atom. The number of H-pyrrole nitrogens is 1. The number of rotatable bonds is 6. The molecule has 0 spiro atoms. The van der Waals surface area contributed by atoms with Crippen molar-refractivity contribution < 1.29 is 14.3 Å². The Labute approximate surface area is 161 Å². The van der Waals surface area contributed by atoms with Gasteiger partial charge in [0.2, 0.25) is 11.0 Å². The lowest BCUT2D eigenvalue weighted by Gasteiger charge is -2.23. The second kappa shape index (κ2) is 8.91. The highest BCUT2D eigenvalue weighted by Gasteiger charge is 2.25. The van der Waals surface area contributed by atoms with Crippen LogP contribution in [-0.4, -0.2) is 33.8 Å². The van der Waals surface area contributed by atoms with Gasteiger partial charge >= 0.3 is 6.09 Å². The summed E-state index contributed by atoms with van der Waals surface area (Å²) in [5.74, 6) is -0.371. The lowest BCUT2D eigenvalue weighted by Crippen LogP contribution is -2.46. The molecule has 9 heteroatoms. The van der Waals surface area contributed by atoms with Gasteiger partial charge in [0.05, 0.1) is 0 Å². The second-order valence-corrected chi connectivity index (χ2v) is 8.30. The van der Waals surface area contributed by atoms with E-state index in [9.17, 15) is 9.59 Å². The topological polar surface area (TPSA) is 96.1 Å². The van der Waals surface area contributed by atoms with E-state index in [4.69, 9.17) is 17.0 Å². The zero-order valence-electron chi connectivity index (χ0n) is 14.9. The molecule has 1 heterocycles. The molecule has 2 aromatic rings. The number of carbonyl (C=O) groups is 2. The maximum atomic E-state index is 12.6. The molecule has 7 nitrogen and oxygen atoms in total. The number of nitrogens with one attached hydrogen (secondary N) is 3. The highest BCUT2D eigenvalue weighted by molar-refractivity contribution is 7.73. The van der Waals surface area contributed by atoms with E-state index in [1.165, 1.54) is 0 Å². The minimum absolute atomic E-state index is 0.357. The number of alkyl carbamates (subject to hydrolysis) is 1. The molecule has 0 aliphatic carbocycles. The molecular weight excluding hydrogens is 372 g/mol. The van der Waals surface area contributed by atoms with Crippen molar-refractivity contribution in [3.8, 4) is 0 Å². The summed E-state index contributed by atoms with van der Waals surface area (Å²) in [6.07, 6.45) is 0.413. The third-order valence-corrected chi connectivity index (χ3v) is 4.24. The average molecular weight is 395 g/mol. The monoisotopic (exact) mass is 394 g/mol. The molecule has 1 aromatic carbocycles. The normalized spacial score (nSPS) is 12.3. The fourth-order valence-electron chi connectivity index (χ4n) is 2.15. The quantitative estimate of drug-likeness (QED) is 0.650. The molecule has 26 heavy (non-hydrogen) atoms. The van der Waals surface area contributed by atoms with Gasteiger partial charge < -0.3 is 10.1 Å².